The first-order valence-electron chi connectivity index (χ1n) is 7.41. The van der Waals surface area contributed by atoms with Gasteiger partial charge in [0.25, 0.3) is 5.91 Å². The fraction of sp³-hybridized carbons (Fsp3) is 0.375. The third-order valence-corrected chi connectivity index (χ3v) is 4.93. The van der Waals surface area contributed by atoms with Crippen LogP contribution in [0.3, 0.4) is 0 Å². The average Bonchev–Trinajstić information content (AvgIpc) is 3.26. The van der Waals surface area contributed by atoms with Gasteiger partial charge in [0.15, 0.2) is 5.13 Å². The van der Waals surface area contributed by atoms with E-state index in [-0.39, 0.29) is 16.8 Å². The normalized spacial score (nSPS) is 18.5. The molecule has 1 aliphatic heterocycles. The van der Waals surface area contributed by atoms with E-state index in [4.69, 9.17) is 21.1 Å². The van der Waals surface area contributed by atoms with Gasteiger partial charge >= 0.3 is 0 Å². The summed E-state index contributed by atoms with van der Waals surface area (Å²) in [6.45, 7) is 1.08. The number of carbonyl (C=O) groups is 1. The topological polar surface area (TPSA) is 51.7 Å². The van der Waals surface area contributed by atoms with Crippen LogP contribution in [0.5, 0.6) is 0 Å². The van der Waals surface area contributed by atoms with Gasteiger partial charge in [-0.25, -0.2) is 9.37 Å². The number of nitrogens with zero attached hydrogens (tertiary/aromatic N) is 2. The smallest absolute Gasteiger partial charge is 0.262 e. The SMILES string of the molecule is COC(C(=O)N(c1ccc(F)c(Cl)c1)c1nccs1)C1CCOC1. The Labute approximate surface area is 148 Å². The Balaban J connectivity index is 1.97. The van der Waals surface area contributed by atoms with Crippen molar-refractivity contribution >= 4 is 39.7 Å². The predicted molar refractivity (Wildman–Crippen MR) is 90.4 cm³/mol. The second-order valence-corrected chi connectivity index (χ2v) is 6.65. The van der Waals surface area contributed by atoms with Crippen molar-refractivity contribution in [1.29, 1.82) is 0 Å². The van der Waals surface area contributed by atoms with Crippen LogP contribution in [-0.2, 0) is 14.3 Å². The van der Waals surface area contributed by atoms with Gasteiger partial charge in [-0.2, -0.15) is 0 Å². The number of amides is 1. The van der Waals surface area contributed by atoms with Gasteiger partial charge in [0.05, 0.1) is 17.3 Å². The number of ether oxygens (including phenoxy) is 2. The summed E-state index contributed by atoms with van der Waals surface area (Å²) in [6.07, 6.45) is 1.69. The summed E-state index contributed by atoms with van der Waals surface area (Å²) in [5.41, 5.74) is 0.447. The van der Waals surface area contributed by atoms with Crippen LogP contribution in [0.4, 0.5) is 15.2 Å². The van der Waals surface area contributed by atoms with Crippen LogP contribution in [0, 0.1) is 11.7 Å². The molecule has 2 aromatic rings. The molecule has 5 nitrogen and oxygen atoms in total. The lowest BCUT2D eigenvalue weighted by Crippen LogP contribution is -2.42. The molecule has 0 N–H and O–H groups in total. The molecule has 0 spiro atoms. The van der Waals surface area contributed by atoms with Crippen molar-refractivity contribution in [2.45, 2.75) is 12.5 Å². The molecule has 24 heavy (non-hydrogen) atoms. The van der Waals surface area contributed by atoms with Crippen molar-refractivity contribution < 1.29 is 18.7 Å². The van der Waals surface area contributed by atoms with E-state index in [9.17, 15) is 9.18 Å². The highest BCUT2D eigenvalue weighted by Gasteiger charge is 2.36. The van der Waals surface area contributed by atoms with Crippen LogP contribution >= 0.6 is 22.9 Å². The monoisotopic (exact) mass is 370 g/mol. The van der Waals surface area contributed by atoms with Gasteiger partial charge in [0.2, 0.25) is 0 Å². The number of rotatable bonds is 5. The summed E-state index contributed by atoms with van der Waals surface area (Å²) >= 11 is 7.19. The fourth-order valence-corrected chi connectivity index (χ4v) is 3.54. The molecule has 1 fully saturated rings. The zero-order valence-corrected chi connectivity index (χ0v) is 14.5. The largest absolute Gasteiger partial charge is 0.381 e. The van der Waals surface area contributed by atoms with Gasteiger partial charge < -0.3 is 9.47 Å². The zero-order chi connectivity index (χ0) is 17.1. The van der Waals surface area contributed by atoms with Gasteiger partial charge in [-0.05, 0) is 24.6 Å². The number of anilines is 2. The summed E-state index contributed by atoms with van der Waals surface area (Å²) in [7, 11) is 1.50. The third-order valence-electron chi connectivity index (χ3n) is 3.88. The first kappa shape index (κ1) is 17.3. The molecule has 1 aromatic carbocycles. The van der Waals surface area contributed by atoms with E-state index >= 15 is 0 Å². The van der Waals surface area contributed by atoms with Crippen molar-refractivity contribution in [3.8, 4) is 0 Å². The minimum Gasteiger partial charge on any atom is -0.381 e. The molecule has 3 rings (SSSR count). The molecule has 1 aliphatic rings. The second kappa shape index (κ2) is 7.57. The molecule has 0 radical (unpaired) electrons. The summed E-state index contributed by atoms with van der Waals surface area (Å²) in [5, 5.41) is 2.19. The third kappa shape index (κ3) is 3.44. The number of hydrogen-bond donors (Lipinski definition) is 0. The quantitative estimate of drug-likeness (QED) is 0.806. The van der Waals surface area contributed by atoms with Crippen molar-refractivity contribution in [3.63, 3.8) is 0 Å². The molecule has 1 aromatic heterocycles. The van der Waals surface area contributed by atoms with Crippen LogP contribution in [0.1, 0.15) is 6.42 Å². The molecule has 0 saturated carbocycles. The lowest BCUT2D eigenvalue weighted by atomic mass is 10.0. The minimum absolute atomic E-state index is 0.0270. The Morgan fingerprint density at radius 3 is 3.00 bits per heavy atom. The minimum atomic E-state index is -0.666. The number of methoxy groups -OCH3 is 1. The van der Waals surface area contributed by atoms with Crippen molar-refractivity contribution in [3.05, 3.63) is 40.6 Å². The molecule has 0 aliphatic carbocycles. The molecular weight excluding hydrogens is 355 g/mol. The Bertz CT molecular complexity index is 707. The average molecular weight is 371 g/mol. The van der Waals surface area contributed by atoms with Crippen LogP contribution < -0.4 is 4.90 Å². The fourth-order valence-electron chi connectivity index (χ4n) is 2.70. The van der Waals surface area contributed by atoms with Crippen molar-refractivity contribution in [2.75, 3.05) is 25.2 Å². The van der Waals surface area contributed by atoms with Gasteiger partial charge in [-0.3, -0.25) is 9.69 Å². The van der Waals surface area contributed by atoms with Crippen molar-refractivity contribution in [1.82, 2.24) is 4.98 Å². The number of benzene rings is 1. The first-order valence-corrected chi connectivity index (χ1v) is 8.66. The summed E-state index contributed by atoms with van der Waals surface area (Å²) < 4.78 is 24.3. The molecule has 1 amide bonds. The van der Waals surface area contributed by atoms with Gasteiger partial charge in [-0.1, -0.05) is 11.6 Å². The van der Waals surface area contributed by atoms with Crippen LogP contribution in [0.2, 0.25) is 5.02 Å². The highest BCUT2D eigenvalue weighted by atomic mass is 35.5. The lowest BCUT2D eigenvalue weighted by molar-refractivity contribution is -0.130. The molecular formula is C16H16ClFN2O3S. The zero-order valence-electron chi connectivity index (χ0n) is 12.9. The standard InChI is InChI=1S/C16H16ClFN2O3S/c1-22-14(10-4-6-23-9-10)15(21)20(16-19-5-7-24-16)11-2-3-13(18)12(17)8-11/h2-3,5,7-8,10,14H,4,6,9H2,1H3. The highest BCUT2D eigenvalue weighted by molar-refractivity contribution is 7.13. The maximum atomic E-state index is 13.5. The molecule has 8 heteroatoms. The molecule has 2 unspecified atom stereocenters. The highest BCUT2D eigenvalue weighted by Crippen LogP contribution is 2.33. The maximum Gasteiger partial charge on any atom is 0.262 e. The van der Waals surface area contributed by atoms with Crippen LogP contribution in [0.25, 0.3) is 0 Å². The maximum absolute atomic E-state index is 13.5. The summed E-state index contributed by atoms with van der Waals surface area (Å²) in [4.78, 5) is 18.8. The van der Waals surface area contributed by atoms with E-state index < -0.39 is 11.9 Å². The van der Waals surface area contributed by atoms with E-state index in [2.05, 4.69) is 4.98 Å². The van der Waals surface area contributed by atoms with E-state index in [0.29, 0.717) is 24.0 Å². The molecule has 2 heterocycles. The molecule has 2 atom stereocenters. The van der Waals surface area contributed by atoms with Gasteiger partial charge in [-0.15, -0.1) is 11.3 Å². The Kier molecular flexibility index (Phi) is 5.45. The summed E-state index contributed by atoms with van der Waals surface area (Å²) in [5.74, 6) is -0.842. The van der Waals surface area contributed by atoms with Crippen LogP contribution in [0.15, 0.2) is 29.8 Å². The van der Waals surface area contributed by atoms with E-state index in [1.54, 1.807) is 11.6 Å². The lowest BCUT2D eigenvalue weighted by Gasteiger charge is -2.27. The molecule has 128 valence electrons. The predicted octanol–water partition coefficient (Wildman–Crippen LogP) is 3.65. The first-order chi connectivity index (χ1) is 11.6. The van der Waals surface area contributed by atoms with Gasteiger partial charge in [0, 0.05) is 31.2 Å². The number of halogens is 2. The summed E-state index contributed by atoms with van der Waals surface area (Å²) in [6, 6.07) is 4.14. The van der Waals surface area contributed by atoms with E-state index in [1.807, 2.05) is 0 Å². The number of thiazole rings is 1. The van der Waals surface area contributed by atoms with E-state index in [0.717, 1.165) is 6.42 Å². The van der Waals surface area contributed by atoms with Crippen molar-refractivity contribution in [2.24, 2.45) is 5.92 Å². The van der Waals surface area contributed by atoms with Crippen LogP contribution in [-0.4, -0.2) is 37.3 Å². The Morgan fingerprint density at radius 1 is 1.58 bits per heavy atom. The number of carbonyl (C=O) groups excluding carboxylic acids is 1. The second-order valence-electron chi connectivity index (χ2n) is 5.37. The Morgan fingerprint density at radius 2 is 2.42 bits per heavy atom. The van der Waals surface area contributed by atoms with Gasteiger partial charge in [0.1, 0.15) is 11.9 Å². The van der Waals surface area contributed by atoms with E-state index in [1.165, 1.54) is 41.5 Å². The Hall–Kier alpha value is -1.54. The molecule has 0 bridgehead atoms. The number of hydrogen-bond acceptors (Lipinski definition) is 5. The number of aromatic nitrogens is 1. The molecule has 1 saturated heterocycles.